The minimum Gasteiger partial charge on any atom is -0.398 e. The van der Waals surface area contributed by atoms with Gasteiger partial charge in [-0.1, -0.05) is 48.5 Å². The molecule has 0 spiro atoms. The Morgan fingerprint density at radius 2 is 1.82 bits per heavy atom. The van der Waals surface area contributed by atoms with Gasteiger partial charge in [-0.2, -0.15) is 0 Å². The molecule has 1 aliphatic rings. The maximum absolute atomic E-state index is 12.9. The highest BCUT2D eigenvalue weighted by Gasteiger charge is 2.28. The van der Waals surface area contributed by atoms with E-state index in [1.807, 2.05) is 54.4 Å². The molecular formula is C21H29Cl2N3O2. The third-order valence-electron chi connectivity index (χ3n) is 5.12. The molecule has 0 aromatic heterocycles. The second-order valence-corrected chi connectivity index (χ2v) is 7.01. The molecule has 1 aliphatic heterocycles. The van der Waals surface area contributed by atoms with E-state index in [1.54, 1.807) is 0 Å². The van der Waals surface area contributed by atoms with Crippen LogP contribution >= 0.6 is 24.8 Å². The Bertz CT molecular complexity index is 745. The van der Waals surface area contributed by atoms with Crippen molar-refractivity contribution in [2.24, 2.45) is 0 Å². The summed E-state index contributed by atoms with van der Waals surface area (Å²) < 4.78 is 0. The van der Waals surface area contributed by atoms with Crippen molar-refractivity contribution in [2.75, 3.05) is 32.4 Å². The van der Waals surface area contributed by atoms with E-state index in [-0.39, 0.29) is 49.3 Å². The lowest BCUT2D eigenvalue weighted by atomic mass is 10.0. The molecule has 0 saturated carbocycles. The zero-order valence-corrected chi connectivity index (χ0v) is 17.7. The highest BCUT2D eigenvalue weighted by atomic mass is 35.5. The number of rotatable bonds is 6. The van der Waals surface area contributed by atoms with Crippen LogP contribution in [0.2, 0.25) is 0 Å². The smallest absolute Gasteiger partial charge is 0.227 e. The average Bonchev–Trinajstić information content (AvgIpc) is 3.06. The number of nitrogens with zero attached hydrogens (tertiary/aromatic N) is 2. The number of carbonyl (C=O) groups is 1. The van der Waals surface area contributed by atoms with Crippen molar-refractivity contribution in [1.82, 2.24) is 9.80 Å². The van der Waals surface area contributed by atoms with Gasteiger partial charge in [0.1, 0.15) is 0 Å². The first-order valence-corrected chi connectivity index (χ1v) is 9.09. The third-order valence-corrected chi connectivity index (χ3v) is 5.12. The van der Waals surface area contributed by atoms with Crippen LogP contribution in [0, 0.1) is 0 Å². The second-order valence-electron chi connectivity index (χ2n) is 7.01. The monoisotopic (exact) mass is 425 g/mol. The van der Waals surface area contributed by atoms with Crippen LogP contribution in [-0.4, -0.2) is 53.6 Å². The van der Waals surface area contributed by atoms with Crippen molar-refractivity contribution in [3.63, 3.8) is 0 Å². The summed E-state index contributed by atoms with van der Waals surface area (Å²) in [5.41, 5.74) is 8.60. The lowest BCUT2D eigenvalue weighted by Crippen LogP contribution is -2.39. The molecule has 0 radical (unpaired) electrons. The molecule has 2 aromatic rings. The van der Waals surface area contributed by atoms with Gasteiger partial charge in [0, 0.05) is 32.4 Å². The molecule has 0 aliphatic carbocycles. The van der Waals surface area contributed by atoms with E-state index in [4.69, 9.17) is 5.73 Å². The van der Waals surface area contributed by atoms with Crippen molar-refractivity contribution >= 4 is 36.4 Å². The summed E-state index contributed by atoms with van der Waals surface area (Å²) in [5.74, 6) is 0.0384. The van der Waals surface area contributed by atoms with E-state index in [1.165, 1.54) is 0 Å². The number of β-amino-alcohol motifs (C(OH)–C–C–N with tert-alkyl or cyclic N) is 1. The molecule has 2 aromatic carbocycles. The van der Waals surface area contributed by atoms with Crippen LogP contribution in [-0.2, 0) is 11.2 Å². The Kier molecular flexibility index (Phi) is 9.76. The Morgan fingerprint density at radius 3 is 2.43 bits per heavy atom. The molecular weight excluding hydrogens is 397 g/mol. The number of amides is 1. The van der Waals surface area contributed by atoms with Crippen molar-refractivity contribution in [1.29, 1.82) is 0 Å². The minimum atomic E-state index is -0.267. The number of hydrogen-bond acceptors (Lipinski definition) is 4. The SMILES string of the molecule is CN(C(=O)Cc1ccccc1N)[C@H](CN1CC[C@H](O)C1)c1ccccc1.Cl.Cl. The topological polar surface area (TPSA) is 69.8 Å². The van der Waals surface area contributed by atoms with Crippen LogP contribution < -0.4 is 5.73 Å². The molecule has 3 rings (SSSR count). The number of likely N-dealkylation sites (N-methyl/N-ethyl adjacent to an activating group) is 1. The van der Waals surface area contributed by atoms with E-state index in [2.05, 4.69) is 17.0 Å². The summed E-state index contributed by atoms with van der Waals surface area (Å²) in [6.07, 6.45) is 0.811. The van der Waals surface area contributed by atoms with E-state index in [9.17, 15) is 9.90 Å². The standard InChI is InChI=1S/C21H27N3O2.2ClH/c1-23(21(26)13-17-9-5-6-10-19(17)22)20(16-7-3-2-4-8-16)15-24-12-11-18(25)14-24;;/h2-10,18,20,25H,11-15,22H2,1H3;2*1H/t18-,20+;;/m0../s1. The summed E-state index contributed by atoms with van der Waals surface area (Å²) in [6, 6.07) is 17.5. The Labute approximate surface area is 179 Å². The minimum absolute atomic E-state index is 0. The fourth-order valence-electron chi connectivity index (χ4n) is 3.51. The molecule has 0 bridgehead atoms. The third kappa shape index (κ3) is 6.11. The van der Waals surface area contributed by atoms with Crippen molar-refractivity contribution < 1.29 is 9.90 Å². The number of para-hydroxylation sites is 1. The van der Waals surface area contributed by atoms with E-state index in [0.29, 0.717) is 18.8 Å². The molecule has 2 atom stereocenters. The van der Waals surface area contributed by atoms with Gasteiger partial charge < -0.3 is 15.7 Å². The van der Waals surface area contributed by atoms with E-state index >= 15 is 0 Å². The quantitative estimate of drug-likeness (QED) is 0.697. The van der Waals surface area contributed by atoms with Gasteiger partial charge in [-0.3, -0.25) is 9.69 Å². The normalized spacial score (nSPS) is 17.3. The Hall–Kier alpha value is -1.79. The molecule has 1 heterocycles. The van der Waals surface area contributed by atoms with Gasteiger partial charge in [0.25, 0.3) is 0 Å². The molecule has 3 N–H and O–H groups in total. The van der Waals surface area contributed by atoms with Crippen molar-refractivity contribution in [3.8, 4) is 0 Å². The first kappa shape index (κ1) is 24.2. The number of aliphatic hydroxyl groups is 1. The van der Waals surface area contributed by atoms with Crippen LogP contribution in [0.3, 0.4) is 0 Å². The van der Waals surface area contributed by atoms with Crippen LogP contribution in [0.15, 0.2) is 54.6 Å². The number of likely N-dealkylation sites (tertiary alicyclic amines) is 1. The lowest BCUT2D eigenvalue weighted by molar-refractivity contribution is -0.131. The molecule has 1 amide bonds. The molecule has 1 saturated heterocycles. The van der Waals surface area contributed by atoms with Crippen molar-refractivity contribution in [3.05, 3.63) is 65.7 Å². The number of halogens is 2. The van der Waals surface area contributed by atoms with Gasteiger partial charge in [-0.25, -0.2) is 0 Å². The zero-order valence-electron chi connectivity index (χ0n) is 16.0. The summed E-state index contributed by atoms with van der Waals surface area (Å²) >= 11 is 0. The summed E-state index contributed by atoms with van der Waals surface area (Å²) in [7, 11) is 1.85. The van der Waals surface area contributed by atoms with Crippen LogP contribution in [0.4, 0.5) is 5.69 Å². The van der Waals surface area contributed by atoms with Crippen molar-refractivity contribution in [2.45, 2.75) is 25.0 Å². The van der Waals surface area contributed by atoms with Gasteiger partial charge in [0.15, 0.2) is 0 Å². The summed E-state index contributed by atoms with van der Waals surface area (Å²) in [4.78, 5) is 17.0. The molecule has 154 valence electrons. The predicted octanol–water partition coefficient (Wildman–Crippen LogP) is 2.92. The second kappa shape index (κ2) is 11.3. The predicted molar refractivity (Wildman–Crippen MR) is 118 cm³/mol. The van der Waals surface area contributed by atoms with Gasteiger partial charge >= 0.3 is 0 Å². The highest BCUT2D eigenvalue weighted by molar-refractivity contribution is 5.85. The maximum Gasteiger partial charge on any atom is 0.227 e. The first-order chi connectivity index (χ1) is 12.5. The van der Waals surface area contributed by atoms with Gasteiger partial charge in [0.2, 0.25) is 5.91 Å². The number of nitrogens with two attached hydrogens (primary N) is 1. The van der Waals surface area contributed by atoms with Gasteiger partial charge in [0.05, 0.1) is 18.6 Å². The van der Waals surface area contributed by atoms with Crippen LogP contribution in [0.5, 0.6) is 0 Å². The number of carbonyl (C=O) groups excluding carboxylic acids is 1. The van der Waals surface area contributed by atoms with Crippen LogP contribution in [0.25, 0.3) is 0 Å². The number of benzene rings is 2. The number of anilines is 1. The largest absolute Gasteiger partial charge is 0.398 e. The van der Waals surface area contributed by atoms with Gasteiger partial charge in [-0.05, 0) is 23.6 Å². The Balaban J connectivity index is 0.00000196. The summed E-state index contributed by atoms with van der Waals surface area (Å²) in [5, 5.41) is 9.82. The fourth-order valence-corrected chi connectivity index (χ4v) is 3.51. The molecule has 0 unspecified atom stereocenters. The molecule has 1 fully saturated rings. The highest BCUT2D eigenvalue weighted by Crippen LogP contribution is 2.24. The Morgan fingerprint density at radius 1 is 1.18 bits per heavy atom. The molecule has 7 heteroatoms. The number of nitrogen functional groups attached to an aromatic ring is 1. The fraction of sp³-hybridized carbons (Fsp3) is 0.381. The maximum atomic E-state index is 12.9. The first-order valence-electron chi connectivity index (χ1n) is 9.09. The van der Waals surface area contributed by atoms with E-state index in [0.717, 1.165) is 24.1 Å². The summed E-state index contributed by atoms with van der Waals surface area (Å²) in [6.45, 7) is 2.24. The number of aliphatic hydroxyl groups excluding tert-OH is 1. The molecule has 28 heavy (non-hydrogen) atoms. The average molecular weight is 426 g/mol. The number of hydrogen-bond donors (Lipinski definition) is 2. The van der Waals surface area contributed by atoms with Gasteiger partial charge in [-0.15, -0.1) is 24.8 Å². The lowest BCUT2D eigenvalue weighted by Gasteiger charge is -2.32. The van der Waals surface area contributed by atoms with E-state index < -0.39 is 0 Å². The zero-order chi connectivity index (χ0) is 18.5. The van der Waals surface area contributed by atoms with Crippen LogP contribution in [0.1, 0.15) is 23.6 Å². The molecule has 5 nitrogen and oxygen atoms in total.